The summed E-state index contributed by atoms with van der Waals surface area (Å²) in [5.41, 5.74) is 7.85. The Balaban J connectivity index is 1.25. The molecule has 3 unspecified atom stereocenters. The molecule has 136 valence electrons. The normalized spacial score (nSPS) is 30.2. The Hall–Kier alpha value is -1.43. The van der Waals surface area contributed by atoms with Crippen molar-refractivity contribution in [2.75, 3.05) is 13.1 Å². The van der Waals surface area contributed by atoms with Gasteiger partial charge in [0.25, 0.3) is 0 Å². The zero-order valence-corrected chi connectivity index (χ0v) is 14.8. The van der Waals surface area contributed by atoms with Crippen LogP contribution < -0.4 is 10.9 Å². The van der Waals surface area contributed by atoms with Crippen LogP contribution in [0, 0.1) is 5.92 Å². The fourth-order valence-electron chi connectivity index (χ4n) is 4.51. The molecule has 2 N–H and O–H groups in total. The van der Waals surface area contributed by atoms with Crippen LogP contribution in [-0.4, -0.2) is 42.1 Å². The molecule has 1 saturated carbocycles. The molecule has 2 saturated heterocycles. The van der Waals surface area contributed by atoms with Crippen LogP contribution in [0.5, 0.6) is 0 Å². The van der Waals surface area contributed by atoms with Gasteiger partial charge in [-0.15, -0.1) is 0 Å². The molecule has 1 amide bonds. The Morgan fingerprint density at radius 3 is 2.60 bits per heavy atom. The maximum Gasteiger partial charge on any atom is 0.241 e. The highest BCUT2D eigenvalue weighted by molar-refractivity contribution is 5.82. The predicted octanol–water partition coefficient (Wildman–Crippen LogP) is 2.23. The number of nitrogens with zero attached hydrogens (tertiary/aromatic N) is 1. The van der Waals surface area contributed by atoms with Crippen molar-refractivity contribution in [3.63, 3.8) is 0 Å². The minimum Gasteiger partial charge on any atom is -0.373 e. The average molecular weight is 343 g/mol. The highest BCUT2D eigenvalue weighted by Gasteiger charge is 2.42. The first kappa shape index (κ1) is 17.0. The van der Waals surface area contributed by atoms with E-state index in [9.17, 15) is 4.79 Å². The third kappa shape index (κ3) is 3.89. The first-order chi connectivity index (χ1) is 12.3. The van der Waals surface area contributed by atoms with E-state index >= 15 is 0 Å². The summed E-state index contributed by atoms with van der Waals surface area (Å²) < 4.78 is 6.04. The van der Waals surface area contributed by atoms with Crippen molar-refractivity contribution in [1.29, 1.82) is 0 Å². The Labute approximate surface area is 150 Å². The van der Waals surface area contributed by atoms with Gasteiger partial charge in [-0.05, 0) is 31.2 Å². The van der Waals surface area contributed by atoms with Gasteiger partial charge in [0.15, 0.2) is 0 Å². The molecule has 2 aliphatic heterocycles. The Bertz CT molecular complexity index is 572. The molecule has 5 heteroatoms. The molecule has 1 aromatic carbocycles. The number of carbonyl (C=O) groups is 1. The van der Waals surface area contributed by atoms with Gasteiger partial charge in [-0.1, -0.05) is 43.2 Å². The Morgan fingerprint density at radius 1 is 1.04 bits per heavy atom. The summed E-state index contributed by atoms with van der Waals surface area (Å²) in [6.07, 6.45) is 7.03. The maximum absolute atomic E-state index is 12.9. The third-order valence-electron chi connectivity index (χ3n) is 6.02. The molecule has 4 rings (SSSR count). The monoisotopic (exact) mass is 343 g/mol. The van der Waals surface area contributed by atoms with E-state index in [1.165, 1.54) is 24.8 Å². The van der Waals surface area contributed by atoms with Crippen LogP contribution in [0.2, 0.25) is 0 Å². The molecule has 0 bridgehead atoms. The lowest BCUT2D eigenvalue weighted by molar-refractivity contribution is -0.137. The summed E-state index contributed by atoms with van der Waals surface area (Å²) in [7, 11) is 0. The van der Waals surface area contributed by atoms with Crippen LogP contribution in [0.15, 0.2) is 30.3 Å². The van der Waals surface area contributed by atoms with E-state index in [0.29, 0.717) is 18.6 Å². The van der Waals surface area contributed by atoms with Crippen LogP contribution in [0.4, 0.5) is 0 Å². The fourth-order valence-corrected chi connectivity index (χ4v) is 4.51. The van der Waals surface area contributed by atoms with Gasteiger partial charge in [0.2, 0.25) is 5.91 Å². The van der Waals surface area contributed by atoms with Crippen molar-refractivity contribution in [2.24, 2.45) is 5.92 Å². The highest BCUT2D eigenvalue weighted by Crippen LogP contribution is 2.31. The lowest BCUT2D eigenvalue weighted by atomic mass is 9.81. The summed E-state index contributed by atoms with van der Waals surface area (Å²) in [5, 5.41) is 0. The van der Waals surface area contributed by atoms with Gasteiger partial charge in [-0.2, -0.15) is 0 Å². The number of rotatable bonds is 4. The minimum atomic E-state index is -0.0351. The molecule has 1 aliphatic carbocycles. The predicted molar refractivity (Wildman–Crippen MR) is 96.6 cm³/mol. The van der Waals surface area contributed by atoms with Gasteiger partial charge in [0, 0.05) is 25.0 Å². The minimum absolute atomic E-state index is 0.0351. The SMILES string of the molecule is O=C(C1NNC2CCCCC21)N1CCC(OCc2ccccc2)CC1. The molecule has 3 aliphatic rings. The lowest BCUT2D eigenvalue weighted by Gasteiger charge is -2.35. The van der Waals surface area contributed by atoms with Gasteiger partial charge in [0.1, 0.15) is 6.04 Å². The number of benzene rings is 1. The number of ether oxygens (including phenoxy) is 1. The van der Waals surface area contributed by atoms with E-state index in [1.54, 1.807) is 0 Å². The number of piperidine rings is 1. The second-order valence-electron chi connectivity index (χ2n) is 7.64. The summed E-state index contributed by atoms with van der Waals surface area (Å²) in [4.78, 5) is 15.0. The Kier molecular flexibility index (Phi) is 5.34. The standard InChI is InChI=1S/C20H29N3O2/c24-20(19-17-8-4-5-9-18(17)21-22-19)23-12-10-16(11-13-23)25-14-15-6-2-1-3-7-15/h1-3,6-7,16-19,21-22H,4-5,8-14H2. The summed E-state index contributed by atoms with van der Waals surface area (Å²) in [6.45, 7) is 2.29. The molecule has 0 aromatic heterocycles. The molecule has 3 fully saturated rings. The molecule has 25 heavy (non-hydrogen) atoms. The van der Waals surface area contributed by atoms with E-state index in [2.05, 4.69) is 23.0 Å². The molecular formula is C20H29N3O2. The average Bonchev–Trinajstić information content (AvgIpc) is 3.11. The van der Waals surface area contributed by atoms with Gasteiger partial charge in [0.05, 0.1) is 12.7 Å². The second kappa shape index (κ2) is 7.85. The van der Waals surface area contributed by atoms with Crippen LogP contribution in [0.25, 0.3) is 0 Å². The van der Waals surface area contributed by atoms with Crippen molar-refractivity contribution in [1.82, 2.24) is 15.8 Å². The van der Waals surface area contributed by atoms with Crippen molar-refractivity contribution in [3.05, 3.63) is 35.9 Å². The van der Waals surface area contributed by atoms with Crippen molar-refractivity contribution >= 4 is 5.91 Å². The maximum atomic E-state index is 12.9. The summed E-state index contributed by atoms with van der Waals surface area (Å²) in [6, 6.07) is 10.7. The molecule has 1 aromatic rings. The second-order valence-corrected chi connectivity index (χ2v) is 7.64. The Morgan fingerprint density at radius 2 is 1.80 bits per heavy atom. The van der Waals surface area contributed by atoms with Gasteiger partial charge >= 0.3 is 0 Å². The summed E-state index contributed by atoms with van der Waals surface area (Å²) in [5.74, 6) is 0.747. The first-order valence-corrected chi connectivity index (χ1v) is 9.76. The highest BCUT2D eigenvalue weighted by atomic mass is 16.5. The number of fused-ring (bicyclic) bond motifs is 1. The topological polar surface area (TPSA) is 53.6 Å². The fraction of sp³-hybridized carbons (Fsp3) is 0.650. The quantitative estimate of drug-likeness (QED) is 0.880. The molecule has 5 nitrogen and oxygen atoms in total. The van der Waals surface area contributed by atoms with E-state index in [-0.39, 0.29) is 18.1 Å². The van der Waals surface area contributed by atoms with Crippen molar-refractivity contribution in [2.45, 2.75) is 63.3 Å². The number of nitrogens with one attached hydrogen (secondary N) is 2. The largest absolute Gasteiger partial charge is 0.373 e. The lowest BCUT2D eigenvalue weighted by Crippen LogP contribution is -2.51. The van der Waals surface area contributed by atoms with Crippen LogP contribution in [-0.2, 0) is 16.1 Å². The van der Waals surface area contributed by atoms with Crippen molar-refractivity contribution in [3.8, 4) is 0 Å². The van der Waals surface area contributed by atoms with E-state index in [4.69, 9.17) is 4.74 Å². The van der Waals surface area contributed by atoms with Gasteiger partial charge in [-0.25, -0.2) is 5.43 Å². The smallest absolute Gasteiger partial charge is 0.241 e. The van der Waals surface area contributed by atoms with E-state index < -0.39 is 0 Å². The first-order valence-electron chi connectivity index (χ1n) is 9.76. The number of amides is 1. The molecule has 0 spiro atoms. The zero-order chi connectivity index (χ0) is 17.1. The number of carbonyl (C=O) groups excluding carboxylic acids is 1. The molecular weight excluding hydrogens is 314 g/mol. The van der Waals surface area contributed by atoms with Crippen LogP contribution in [0.1, 0.15) is 44.1 Å². The van der Waals surface area contributed by atoms with Gasteiger partial charge in [-0.3, -0.25) is 10.2 Å². The number of hydrogen-bond acceptors (Lipinski definition) is 4. The van der Waals surface area contributed by atoms with Crippen molar-refractivity contribution < 1.29 is 9.53 Å². The number of hydrogen-bond donors (Lipinski definition) is 2. The van der Waals surface area contributed by atoms with Gasteiger partial charge < -0.3 is 9.64 Å². The van der Waals surface area contributed by atoms with E-state index in [0.717, 1.165) is 32.4 Å². The number of hydrazine groups is 1. The molecule has 2 heterocycles. The summed E-state index contributed by atoms with van der Waals surface area (Å²) >= 11 is 0. The molecule has 3 atom stereocenters. The third-order valence-corrected chi connectivity index (χ3v) is 6.02. The molecule has 0 radical (unpaired) electrons. The zero-order valence-electron chi connectivity index (χ0n) is 14.8. The van der Waals surface area contributed by atoms with E-state index in [1.807, 2.05) is 23.1 Å². The van der Waals surface area contributed by atoms with Crippen LogP contribution >= 0.6 is 0 Å². The van der Waals surface area contributed by atoms with Crippen LogP contribution in [0.3, 0.4) is 0 Å². The number of likely N-dealkylation sites (tertiary alicyclic amines) is 1.